The molecule has 0 fully saturated rings. The molecule has 0 bridgehead atoms. The lowest BCUT2D eigenvalue weighted by Gasteiger charge is -2.14. The molecule has 0 saturated heterocycles. The van der Waals surface area contributed by atoms with E-state index < -0.39 is 6.10 Å². The van der Waals surface area contributed by atoms with Crippen LogP contribution in [-0.2, 0) is 6.54 Å². The molecule has 0 aromatic heterocycles. The molecule has 1 atom stereocenters. The third-order valence-corrected chi connectivity index (χ3v) is 3.23. The Morgan fingerprint density at radius 1 is 1.14 bits per heavy atom. The van der Waals surface area contributed by atoms with Crippen LogP contribution in [0.4, 0.5) is 4.39 Å². The van der Waals surface area contributed by atoms with Gasteiger partial charge in [0.15, 0.2) is 0 Å². The average Bonchev–Trinajstić information content (AvgIpc) is 2.48. The molecule has 0 aliphatic carbocycles. The Hall–Kier alpha value is -1.62. The molecule has 0 heterocycles. The summed E-state index contributed by atoms with van der Waals surface area (Å²) in [5, 5.41) is 13.3. The van der Waals surface area contributed by atoms with Crippen molar-refractivity contribution in [2.45, 2.75) is 12.6 Å². The number of para-hydroxylation sites is 1. The van der Waals surface area contributed by atoms with E-state index in [4.69, 9.17) is 16.3 Å². The first-order valence-corrected chi connectivity index (χ1v) is 7.04. The maximum absolute atomic E-state index is 13.4. The fourth-order valence-electron chi connectivity index (χ4n) is 1.82. The minimum Gasteiger partial charge on any atom is -0.489 e. The lowest BCUT2D eigenvalue weighted by atomic mass is 10.2. The van der Waals surface area contributed by atoms with Crippen molar-refractivity contribution in [1.29, 1.82) is 0 Å². The predicted octanol–water partition coefficient (Wildman–Crippen LogP) is 3.01. The molecule has 1 unspecified atom stereocenters. The van der Waals surface area contributed by atoms with Crippen LogP contribution in [0.1, 0.15) is 5.56 Å². The molecule has 2 aromatic carbocycles. The van der Waals surface area contributed by atoms with Gasteiger partial charge in [0.05, 0.1) is 5.02 Å². The second-order valence-corrected chi connectivity index (χ2v) is 5.02. The quantitative estimate of drug-likeness (QED) is 0.826. The highest BCUT2D eigenvalue weighted by molar-refractivity contribution is 6.32. The van der Waals surface area contributed by atoms with Crippen molar-refractivity contribution in [2.24, 2.45) is 0 Å². The largest absolute Gasteiger partial charge is 0.489 e. The number of halogens is 2. The molecule has 3 nitrogen and oxygen atoms in total. The Bertz CT molecular complexity index is 580. The average molecular weight is 310 g/mol. The van der Waals surface area contributed by atoms with Crippen LogP contribution >= 0.6 is 11.6 Å². The number of benzene rings is 2. The number of ether oxygens (including phenoxy) is 1. The highest BCUT2D eigenvalue weighted by atomic mass is 35.5. The van der Waals surface area contributed by atoms with Gasteiger partial charge in [-0.2, -0.15) is 0 Å². The second kappa shape index (κ2) is 7.98. The van der Waals surface area contributed by atoms with Gasteiger partial charge in [-0.15, -0.1) is 0 Å². The fraction of sp³-hybridized carbons (Fsp3) is 0.250. The molecule has 0 aliphatic heterocycles. The third kappa shape index (κ3) is 5.01. The van der Waals surface area contributed by atoms with E-state index in [1.807, 2.05) is 12.1 Å². The van der Waals surface area contributed by atoms with Crippen molar-refractivity contribution in [3.63, 3.8) is 0 Å². The van der Waals surface area contributed by atoms with Gasteiger partial charge >= 0.3 is 0 Å². The summed E-state index contributed by atoms with van der Waals surface area (Å²) in [5.41, 5.74) is 0.566. The van der Waals surface area contributed by atoms with Gasteiger partial charge in [0.2, 0.25) is 0 Å². The standard InChI is InChI=1S/C16H17ClFNO2/c17-14-6-2-4-8-16(14)21-11-13(20)10-19-9-12-5-1-3-7-15(12)18/h1-8,13,19-20H,9-11H2. The van der Waals surface area contributed by atoms with Crippen LogP contribution in [0.5, 0.6) is 5.75 Å². The van der Waals surface area contributed by atoms with Gasteiger partial charge in [0.1, 0.15) is 24.3 Å². The zero-order valence-corrected chi connectivity index (χ0v) is 12.2. The molecule has 5 heteroatoms. The zero-order chi connectivity index (χ0) is 15.1. The summed E-state index contributed by atoms with van der Waals surface area (Å²) in [5.74, 6) is 0.277. The molecule has 0 amide bonds. The highest BCUT2D eigenvalue weighted by Crippen LogP contribution is 2.23. The Labute approximate surface area is 128 Å². The van der Waals surface area contributed by atoms with E-state index in [1.165, 1.54) is 6.07 Å². The molecular weight excluding hydrogens is 293 g/mol. The molecule has 21 heavy (non-hydrogen) atoms. The Kier molecular flexibility index (Phi) is 5.99. The second-order valence-electron chi connectivity index (χ2n) is 4.62. The smallest absolute Gasteiger partial charge is 0.138 e. The lowest BCUT2D eigenvalue weighted by molar-refractivity contribution is 0.106. The molecular formula is C16H17ClFNO2. The predicted molar refractivity (Wildman–Crippen MR) is 81.1 cm³/mol. The van der Waals surface area contributed by atoms with Gasteiger partial charge in [-0.1, -0.05) is 41.9 Å². The van der Waals surface area contributed by atoms with Crippen LogP contribution in [0.25, 0.3) is 0 Å². The summed E-state index contributed by atoms with van der Waals surface area (Å²) in [7, 11) is 0. The summed E-state index contributed by atoms with van der Waals surface area (Å²) in [6, 6.07) is 13.6. The van der Waals surface area contributed by atoms with Gasteiger partial charge in [-0.3, -0.25) is 0 Å². The maximum atomic E-state index is 13.4. The van der Waals surface area contributed by atoms with Gasteiger partial charge in [0.25, 0.3) is 0 Å². The van der Waals surface area contributed by atoms with E-state index in [0.29, 0.717) is 29.4 Å². The first-order chi connectivity index (χ1) is 10.2. The minimum absolute atomic E-state index is 0.119. The van der Waals surface area contributed by atoms with E-state index in [2.05, 4.69) is 5.32 Å². The molecule has 2 rings (SSSR count). The SMILES string of the molecule is OC(CNCc1ccccc1F)COc1ccccc1Cl. The van der Waals surface area contributed by atoms with Crippen LogP contribution in [0.2, 0.25) is 5.02 Å². The lowest BCUT2D eigenvalue weighted by Crippen LogP contribution is -2.31. The summed E-state index contributed by atoms with van der Waals surface area (Å²) in [4.78, 5) is 0. The molecule has 0 saturated carbocycles. The zero-order valence-electron chi connectivity index (χ0n) is 11.4. The first kappa shape index (κ1) is 15.8. The van der Waals surface area contributed by atoms with E-state index in [0.717, 1.165) is 0 Å². The van der Waals surface area contributed by atoms with Crippen molar-refractivity contribution in [2.75, 3.05) is 13.2 Å². The van der Waals surface area contributed by atoms with Crippen molar-refractivity contribution >= 4 is 11.6 Å². The van der Waals surface area contributed by atoms with Crippen LogP contribution in [0, 0.1) is 5.82 Å². The summed E-state index contributed by atoms with van der Waals surface area (Å²) in [6.07, 6.45) is -0.701. The van der Waals surface area contributed by atoms with E-state index in [-0.39, 0.29) is 12.4 Å². The van der Waals surface area contributed by atoms with Crippen molar-refractivity contribution < 1.29 is 14.2 Å². The van der Waals surface area contributed by atoms with Gasteiger partial charge in [-0.05, 0) is 18.2 Å². The van der Waals surface area contributed by atoms with Gasteiger partial charge < -0.3 is 15.2 Å². The van der Waals surface area contributed by atoms with Gasteiger partial charge in [0, 0.05) is 18.7 Å². The Morgan fingerprint density at radius 2 is 1.86 bits per heavy atom. The van der Waals surface area contributed by atoms with Crippen molar-refractivity contribution in [3.05, 3.63) is 64.9 Å². The van der Waals surface area contributed by atoms with E-state index in [1.54, 1.807) is 30.3 Å². The molecule has 2 aromatic rings. The maximum Gasteiger partial charge on any atom is 0.138 e. The van der Waals surface area contributed by atoms with Crippen molar-refractivity contribution in [3.8, 4) is 5.75 Å². The normalized spacial score (nSPS) is 12.1. The minimum atomic E-state index is -0.701. The van der Waals surface area contributed by atoms with Crippen LogP contribution in [-0.4, -0.2) is 24.4 Å². The topological polar surface area (TPSA) is 41.5 Å². The third-order valence-electron chi connectivity index (χ3n) is 2.92. The van der Waals surface area contributed by atoms with E-state index in [9.17, 15) is 9.50 Å². The summed E-state index contributed by atoms with van der Waals surface area (Å²) in [6.45, 7) is 0.780. The van der Waals surface area contributed by atoms with Crippen LogP contribution in [0.15, 0.2) is 48.5 Å². The van der Waals surface area contributed by atoms with Crippen LogP contribution in [0.3, 0.4) is 0 Å². The number of nitrogens with one attached hydrogen (secondary N) is 1. The molecule has 0 aliphatic rings. The number of rotatable bonds is 7. The van der Waals surface area contributed by atoms with Crippen LogP contribution < -0.4 is 10.1 Å². The van der Waals surface area contributed by atoms with Gasteiger partial charge in [-0.25, -0.2) is 4.39 Å². The summed E-state index contributed by atoms with van der Waals surface area (Å²) < 4.78 is 18.8. The molecule has 0 radical (unpaired) electrons. The van der Waals surface area contributed by atoms with Crippen molar-refractivity contribution in [1.82, 2.24) is 5.32 Å². The number of hydrogen-bond donors (Lipinski definition) is 2. The Balaban J connectivity index is 1.72. The number of hydrogen-bond acceptors (Lipinski definition) is 3. The molecule has 0 spiro atoms. The Morgan fingerprint density at radius 3 is 2.62 bits per heavy atom. The highest BCUT2D eigenvalue weighted by Gasteiger charge is 2.07. The fourth-order valence-corrected chi connectivity index (χ4v) is 2.01. The molecule has 2 N–H and O–H groups in total. The number of aliphatic hydroxyl groups is 1. The monoisotopic (exact) mass is 309 g/mol. The first-order valence-electron chi connectivity index (χ1n) is 6.66. The summed E-state index contributed by atoms with van der Waals surface area (Å²) >= 11 is 5.95. The van der Waals surface area contributed by atoms with E-state index >= 15 is 0 Å². The number of aliphatic hydroxyl groups excluding tert-OH is 1. The molecule has 112 valence electrons.